The molecule has 1 fully saturated rings. The Morgan fingerprint density at radius 3 is 1.94 bits per heavy atom. The zero-order chi connectivity index (χ0) is 35.6. The first kappa shape index (κ1) is 37.1. The highest BCUT2D eigenvalue weighted by Gasteiger charge is 2.45. The van der Waals surface area contributed by atoms with Gasteiger partial charge in [0.2, 0.25) is 5.91 Å². The number of nitrogens with one attached hydrogen (secondary N) is 2. The van der Waals surface area contributed by atoms with Gasteiger partial charge in [-0.2, -0.15) is 0 Å². The van der Waals surface area contributed by atoms with Crippen LogP contribution in [0.5, 0.6) is 0 Å². The Hall–Kier alpha value is -4.14. The summed E-state index contributed by atoms with van der Waals surface area (Å²) < 4.78 is 5.41. The predicted molar refractivity (Wildman–Crippen MR) is 204 cm³/mol. The zero-order valence-corrected chi connectivity index (χ0v) is 30.9. The molecule has 1 aliphatic heterocycles. The van der Waals surface area contributed by atoms with Gasteiger partial charge in [-0.3, -0.25) is 9.78 Å². The summed E-state index contributed by atoms with van der Waals surface area (Å²) in [4.78, 5) is 33.8. The molecular formula is C42H52N4O3S. The Bertz CT molecular complexity index is 1540. The van der Waals surface area contributed by atoms with Crippen molar-refractivity contribution in [3.05, 3.63) is 138 Å². The summed E-state index contributed by atoms with van der Waals surface area (Å²) in [5.74, 6) is 0.0867. The van der Waals surface area contributed by atoms with Crippen molar-refractivity contribution >= 4 is 23.8 Å². The maximum absolute atomic E-state index is 13.8. The van der Waals surface area contributed by atoms with Gasteiger partial charge in [0, 0.05) is 43.2 Å². The lowest BCUT2D eigenvalue weighted by molar-refractivity contribution is -0.124. The number of carbonyl (C=O) groups excluding carboxylic acids is 2. The number of aromatic nitrogens is 1. The molecule has 2 N–H and O–H groups in total. The fourth-order valence-electron chi connectivity index (χ4n) is 6.69. The average Bonchev–Trinajstić information content (AvgIpc) is 3.54. The number of thioether (sulfide) groups is 1. The van der Waals surface area contributed by atoms with Gasteiger partial charge in [0.05, 0.1) is 16.8 Å². The number of amides is 2. The molecular weight excluding hydrogens is 641 g/mol. The highest BCUT2D eigenvalue weighted by atomic mass is 32.2. The summed E-state index contributed by atoms with van der Waals surface area (Å²) in [5.41, 5.74) is 3.88. The maximum Gasteiger partial charge on any atom is 0.410 e. The first-order valence-electron chi connectivity index (χ1n) is 17.9. The fourth-order valence-corrected chi connectivity index (χ4v) is 8.56. The molecule has 0 spiro atoms. The molecule has 1 aliphatic rings. The topological polar surface area (TPSA) is 83.6 Å². The van der Waals surface area contributed by atoms with E-state index in [4.69, 9.17) is 4.74 Å². The lowest BCUT2D eigenvalue weighted by Crippen LogP contribution is -2.52. The molecule has 8 heteroatoms. The first-order chi connectivity index (χ1) is 24.1. The van der Waals surface area contributed by atoms with Crippen LogP contribution in [0.2, 0.25) is 0 Å². The molecule has 1 saturated heterocycles. The standard InChI is InChI=1S/C42H52N4O3S/c1-6-31(2)38(44-27-25-35-24-16-17-26-43-35)39(47)45-29-36-28-37(30-46(36)40(48)49-41(3,4)5)50-42(32-18-10-7-11-19-32,33-20-12-8-13-21-33)34-22-14-9-15-23-34/h7-24,26,31,36-38,44H,6,25,27-30H2,1-5H3,(H,45,47)/t31-,36?,37?,38-/m0/s1. The highest BCUT2D eigenvalue weighted by Crippen LogP contribution is 2.52. The number of hydrogen-bond donors (Lipinski definition) is 2. The molecule has 2 unspecified atom stereocenters. The summed E-state index contributed by atoms with van der Waals surface area (Å²) in [5, 5.41) is 6.79. The number of nitrogens with zero attached hydrogens (tertiary/aromatic N) is 2. The van der Waals surface area contributed by atoms with Gasteiger partial charge in [-0.15, -0.1) is 11.8 Å². The summed E-state index contributed by atoms with van der Waals surface area (Å²) in [6, 6.07) is 37.2. The SMILES string of the molecule is CC[C@H](C)[C@H](NCCc1ccccn1)C(=O)NCC1CC(SC(c2ccccc2)(c2ccccc2)c2ccccc2)CN1C(=O)OC(C)(C)C. The quantitative estimate of drug-likeness (QED) is 0.131. The Kier molecular flexibility index (Phi) is 12.8. The van der Waals surface area contributed by atoms with E-state index < -0.39 is 10.3 Å². The second kappa shape index (κ2) is 17.2. The zero-order valence-electron chi connectivity index (χ0n) is 30.0. The van der Waals surface area contributed by atoms with Crippen molar-refractivity contribution in [2.24, 2.45) is 5.92 Å². The lowest BCUT2D eigenvalue weighted by atomic mass is 9.84. The van der Waals surface area contributed by atoms with E-state index in [1.54, 1.807) is 6.20 Å². The second-order valence-corrected chi connectivity index (χ2v) is 15.7. The molecule has 0 aliphatic carbocycles. The van der Waals surface area contributed by atoms with Crippen molar-refractivity contribution in [2.75, 3.05) is 19.6 Å². The van der Waals surface area contributed by atoms with Crippen LogP contribution in [-0.4, -0.2) is 64.5 Å². The normalized spacial score (nSPS) is 17.6. The van der Waals surface area contributed by atoms with Gasteiger partial charge in [0.1, 0.15) is 5.60 Å². The van der Waals surface area contributed by atoms with Crippen molar-refractivity contribution in [2.45, 2.75) is 81.6 Å². The van der Waals surface area contributed by atoms with Gasteiger partial charge in [-0.25, -0.2) is 4.79 Å². The van der Waals surface area contributed by atoms with Gasteiger partial charge >= 0.3 is 6.09 Å². The molecule has 2 heterocycles. The Morgan fingerprint density at radius 1 is 0.880 bits per heavy atom. The third kappa shape index (κ3) is 9.34. The molecule has 0 bridgehead atoms. The van der Waals surface area contributed by atoms with E-state index in [9.17, 15) is 9.59 Å². The third-order valence-corrected chi connectivity index (χ3v) is 11.1. The Morgan fingerprint density at radius 2 is 1.44 bits per heavy atom. The smallest absolute Gasteiger partial charge is 0.410 e. The first-order valence-corrected chi connectivity index (χ1v) is 18.7. The fraction of sp³-hybridized carbons (Fsp3) is 0.405. The minimum absolute atomic E-state index is 0.0483. The highest BCUT2D eigenvalue weighted by molar-refractivity contribution is 8.01. The monoisotopic (exact) mass is 692 g/mol. The molecule has 5 rings (SSSR count). The van der Waals surface area contributed by atoms with Gasteiger partial charge in [-0.1, -0.05) is 117 Å². The van der Waals surface area contributed by atoms with E-state index in [0.29, 0.717) is 26.1 Å². The van der Waals surface area contributed by atoms with Crippen LogP contribution in [0.1, 0.15) is 69.8 Å². The van der Waals surface area contributed by atoms with Crippen LogP contribution in [0.4, 0.5) is 4.79 Å². The molecule has 0 radical (unpaired) electrons. The number of ether oxygens (including phenoxy) is 1. The number of benzene rings is 3. The van der Waals surface area contributed by atoms with Gasteiger partial charge in [-0.05, 0) is 61.9 Å². The molecule has 4 atom stereocenters. The second-order valence-electron chi connectivity index (χ2n) is 14.2. The van der Waals surface area contributed by atoms with E-state index >= 15 is 0 Å². The lowest BCUT2D eigenvalue weighted by Gasteiger charge is -2.37. The Balaban J connectivity index is 1.40. The molecule has 7 nitrogen and oxygen atoms in total. The third-order valence-electron chi connectivity index (χ3n) is 9.37. The largest absolute Gasteiger partial charge is 0.444 e. The van der Waals surface area contributed by atoms with Crippen LogP contribution in [0.15, 0.2) is 115 Å². The summed E-state index contributed by atoms with van der Waals surface area (Å²) >= 11 is 1.88. The average molecular weight is 693 g/mol. The molecule has 4 aromatic rings. The van der Waals surface area contributed by atoms with Crippen molar-refractivity contribution in [3.63, 3.8) is 0 Å². The summed E-state index contributed by atoms with van der Waals surface area (Å²) in [6.07, 6.45) is 3.75. The Labute approximate surface area is 302 Å². The van der Waals surface area contributed by atoms with Crippen LogP contribution in [0.3, 0.4) is 0 Å². The van der Waals surface area contributed by atoms with Crippen LogP contribution in [0.25, 0.3) is 0 Å². The van der Waals surface area contributed by atoms with Crippen molar-refractivity contribution < 1.29 is 14.3 Å². The van der Waals surface area contributed by atoms with Crippen molar-refractivity contribution in [1.82, 2.24) is 20.5 Å². The van der Waals surface area contributed by atoms with Gasteiger partial charge < -0.3 is 20.3 Å². The molecule has 50 heavy (non-hydrogen) atoms. The van der Waals surface area contributed by atoms with Crippen LogP contribution < -0.4 is 10.6 Å². The minimum Gasteiger partial charge on any atom is -0.444 e. The van der Waals surface area contributed by atoms with E-state index in [-0.39, 0.29) is 35.3 Å². The summed E-state index contributed by atoms with van der Waals surface area (Å²) in [6.45, 7) is 11.4. The number of pyridine rings is 1. The van der Waals surface area contributed by atoms with Crippen molar-refractivity contribution in [3.8, 4) is 0 Å². The molecule has 0 saturated carbocycles. The van der Waals surface area contributed by atoms with E-state index in [1.165, 1.54) is 16.7 Å². The van der Waals surface area contributed by atoms with Crippen molar-refractivity contribution in [1.29, 1.82) is 0 Å². The number of carbonyl (C=O) groups is 2. The molecule has 3 aromatic carbocycles. The number of likely N-dealkylation sites (tertiary alicyclic amines) is 1. The van der Waals surface area contributed by atoms with Gasteiger partial charge in [0.15, 0.2) is 0 Å². The molecule has 2 amide bonds. The number of hydrogen-bond acceptors (Lipinski definition) is 6. The van der Waals surface area contributed by atoms with E-state index in [2.05, 4.69) is 102 Å². The van der Waals surface area contributed by atoms with Crippen LogP contribution in [0, 0.1) is 5.92 Å². The minimum atomic E-state index is -0.642. The number of rotatable bonds is 14. The predicted octanol–water partition coefficient (Wildman–Crippen LogP) is 7.85. The summed E-state index contributed by atoms with van der Waals surface area (Å²) in [7, 11) is 0. The van der Waals surface area contributed by atoms with Crippen LogP contribution >= 0.6 is 11.8 Å². The molecule has 1 aromatic heterocycles. The van der Waals surface area contributed by atoms with Gasteiger partial charge in [0.25, 0.3) is 0 Å². The van der Waals surface area contributed by atoms with E-state index in [1.807, 2.05) is 73.8 Å². The molecule has 264 valence electrons. The van der Waals surface area contributed by atoms with Crippen LogP contribution in [-0.2, 0) is 20.7 Å². The van der Waals surface area contributed by atoms with E-state index in [0.717, 1.165) is 18.5 Å². The maximum atomic E-state index is 13.8.